The zero-order chi connectivity index (χ0) is 21.9. The third-order valence-corrected chi connectivity index (χ3v) is 5.88. The van der Waals surface area contributed by atoms with Crippen LogP contribution in [-0.2, 0) is 4.79 Å². The highest BCUT2D eigenvalue weighted by molar-refractivity contribution is 5.95. The van der Waals surface area contributed by atoms with E-state index in [4.69, 9.17) is 18.9 Å². The molecule has 0 spiro atoms. The van der Waals surface area contributed by atoms with Gasteiger partial charge in [-0.25, -0.2) is 0 Å². The van der Waals surface area contributed by atoms with E-state index in [-0.39, 0.29) is 18.7 Å². The van der Waals surface area contributed by atoms with Crippen molar-refractivity contribution in [3.63, 3.8) is 0 Å². The lowest BCUT2D eigenvalue weighted by molar-refractivity contribution is -0.120. The number of fused-ring (bicyclic) bond motifs is 1. The maximum absolute atomic E-state index is 12.9. The van der Waals surface area contributed by atoms with Gasteiger partial charge in [-0.2, -0.15) is 5.10 Å². The van der Waals surface area contributed by atoms with Crippen LogP contribution in [0.25, 0.3) is 0 Å². The van der Waals surface area contributed by atoms with Gasteiger partial charge in [0.05, 0.1) is 19.9 Å². The molecule has 1 N–H and O–H groups in total. The fourth-order valence-electron chi connectivity index (χ4n) is 3.88. The summed E-state index contributed by atoms with van der Waals surface area (Å²) >= 11 is 0. The Hall–Kier alpha value is -3.42. The number of ether oxygens (including phenoxy) is 4. The molecule has 168 valence electrons. The lowest BCUT2D eigenvalue weighted by atomic mass is 10.2. The molecule has 8 nitrogen and oxygen atoms in total. The molecule has 3 aliphatic rings. The molecule has 2 heterocycles. The quantitative estimate of drug-likeness (QED) is 0.635. The predicted octanol–water partition coefficient (Wildman–Crippen LogP) is 3.65. The third kappa shape index (κ3) is 4.59. The molecule has 1 saturated heterocycles. The van der Waals surface area contributed by atoms with Crippen LogP contribution in [0.1, 0.15) is 31.2 Å². The first-order valence-corrected chi connectivity index (χ1v) is 11.0. The number of hydrazone groups is 1. The Labute approximate surface area is 187 Å². The zero-order valence-electron chi connectivity index (χ0n) is 18.1. The summed E-state index contributed by atoms with van der Waals surface area (Å²) in [5, 5.41) is 9.42. The van der Waals surface area contributed by atoms with Crippen molar-refractivity contribution in [1.82, 2.24) is 5.01 Å². The first-order chi connectivity index (χ1) is 15.7. The summed E-state index contributed by atoms with van der Waals surface area (Å²) in [6, 6.07) is 10.8. The normalized spacial score (nSPS) is 19.4. The lowest BCUT2D eigenvalue weighted by Crippen LogP contribution is -2.36. The molecular formula is C24H27N3O5. The van der Waals surface area contributed by atoms with Gasteiger partial charge in [-0.1, -0.05) is 0 Å². The summed E-state index contributed by atoms with van der Waals surface area (Å²) < 4.78 is 22.1. The minimum absolute atomic E-state index is 0.0818. The Morgan fingerprint density at radius 2 is 2.03 bits per heavy atom. The fourth-order valence-corrected chi connectivity index (χ4v) is 3.88. The summed E-state index contributed by atoms with van der Waals surface area (Å²) in [7, 11) is 1.64. The standard InChI is InChI=1S/C24H27N3O5/c1-29-20-8-6-17(11-22(20)30-14-16-4-5-16)13-25-27-10-2-3-19(27)24(28)26-18-7-9-21-23(12-18)32-15-31-21/h6-9,11-13,16,19H,2-5,10,14-15H2,1H3,(H,26,28)/b25-13+. The summed E-state index contributed by atoms with van der Waals surface area (Å²) in [6.07, 6.45) is 5.90. The van der Waals surface area contributed by atoms with E-state index in [0.717, 1.165) is 30.7 Å². The molecule has 32 heavy (non-hydrogen) atoms. The minimum Gasteiger partial charge on any atom is -0.493 e. The molecular weight excluding hydrogens is 410 g/mol. The van der Waals surface area contributed by atoms with Gasteiger partial charge in [-0.3, -0.25) is 9.80 Å². The molecule has 2 aromatic carbocycles. The number of benzene rings is 2. The minimum atomic E-state index is -0.319. The van der Waals surface area contributed by atoms with E-state index in [1.165, 1.54) is 12.8 Å². The average Bonchev–Trinajstić information content (AvgIpc) is 3.31. The number of anilines is 1. The molecule has 0 aromatic heterocycles. The maximum Gasteiger partial charge on any atom is 0.248 e. The second-order valence-electron chi connectivity index (χ2n) is 8.29. The van der Waals surface area contributed by atoms with E-state index in [9.17, 15) is 4.79 Å². The van der Waals surface area contributed by atoms with E-state index >= 15 is 0 Å². The smallest absolute Gasteiger partial charge is 0.248 e. The molecule has 5 rings (SSSR count). The van der Waals surface area contributed by atoms with Gasteiger partial charge in [0, 0.05) is 18.3 Å². The molecule has 1 atom stereocenters. The summed E-state index contributed by atoms with van der Waals surface area (Å²) in [5.74, 6) is 3.34. The first kappa shape index (κ1) is 20.5. The molecule has 1 aliphatic carbocycles. The van der Waals surface area contributed by atoms with E-state index in [2.05, 4.69) is 10.4 Å². The number of nitrogens with one attached hydrogen (secondary N) is 1. The number of carbonyl (C=O) groups excluding carboxylic acids is 1. The number of nitrogens with zero attached hydrogens (tertiary/aromatic N) is 2. The second kappa shape index (κ2) is 8.98. The molecule has 8 heteroatoms. The van der Waals surface area contributed by atoms with Crippen LogP contribution in [0.5, 0.6) is 23.0 Å². The van der Waals surface area contributed by atoms with E-state index in [1.54, 1.807) is 25.5 Å². The first-order valence-electron chi connectivity index (χ1n) is 11.0. The summed E-state index contributed by atoms with van der Waals surface area (Å²) in [4.78, 5) is 12.9. The van der Waals surface area contributed by atoms with Crippen molar-refractivity contribution in [2.24, 2.45) is 11.0 Å². The van der Waals surface area contributed by atoms with Crippen molar-refractivity contribution in [1.29, 1.82) is 0 Å². The van der Waals surface area contributed by atoms with Crippen molar-refractivity contribution >= 4 is 17.8 Å². The number of carbonyl (C=O) groups is 1. The van der Waals surface area contributed by atoms with Gasteiger partial charge in [-0.15, -0.1) is 0 Å². The summed E-state index contributed by atoms with van der Waals surface area (Å²) in [6.45, 7) is 1.65. The molecule has 2 fully saturated rings. The van der Waals surface area contributed by atoms with Gasteiger partial charge in [0.15, 0.2) is 23.0 Å². The highest BCUT2D eigenvalue weighted by Gasteiger charge is 2.30. The van der Waals surface area contributed by atoms with Crippen molar-refractivity contribution < 1.29 is 23.7 Å². The Morgan fingerprint density at radius 1 is 1.16 bits per heavy atom. The van der Waals surface area contributed by atoms with Crippen LogP contribution in [0, 0.1) is 5.92 Å². The second-order valence-corrected chi connectivity index (χ2v) is 8.29. The number of hydrogen-bond acceptors (Lipinski definition) is 7. The van der Waals surface area contributed by atoms with Crippen LogP contribution in [0.2, 0.25) is 0 Å². The Balaban J connectivity index is 1.24. The van der Waals surface area contributed by atoms with Gasteiger partial charge >= 0.3 is 0 Å². The van der Waals surface area contributed by atoms with Crippen LogP contribution >= 0.6 is 0 Å². The topological polar surface area (TPSA) is 81.6 Å². The lowest BCUT2D eigenvalue weighted by Gasteiger charge is -2.20. The predicted molar refractivity (Wildman–Crippen MR) is 120 cm³/mol. The van der Waals surface area contributed by atoms with E-state index < -0.39 is 0 Å². The van der Waals surface area contributed by atoms with Gasteiger partial charge in [0.2, 0.25) is 12.7 Å². The molecule has 2 aromatic rings. The molecule has 1 unspecified atom stereocenters. The van der Waals surface area contributed by atoms with Crippen molar-refractivity contribution in [2.75, 3.05) is 32.4 Å². The van der Waals surface area contributed by atoms with Gasteiger partial charge in [-0.05, 0) is 67.5 Å². The van der Waals surface area contributed by atoms with Gasteiger partial charge in [0.25, 0.3) is 0 Å². The molecule has 0 radical (unpaired) electrons. The van der Waals surface area contributed by atoms with Gasteiger partial charge < -0.3 is 24.3 Å². The van der Waals surface area contributed by atoms with E-state index in [0.29, 0.717) is 35.5 Å². The Bertz CT molecular complexity index is 1020. The highest BCUT2D eigenvalue weighted by atomic mass is 16.7. The van der Waals surface area contributed by atoms with Crippen LogP contribution in [-0.4, -0.2) is 50.2 Å². The average molecular weight is 437 g/mol. The van der Waals surface area contributed by atoms with Gasteiger partial charge in [0.1, 0.15) is 6.04 Å². The number of methoxy groups -OCH3 is 1. The highest BCUT2D eigenvalue weighted by Crippen LogP contribution is 2.35. The van der Waals surface area contributed by atoms with Crippen LogP contribution in [0.4, 0.5) is 5.69 Å². The van der Waals surface area contributed by atoms with E-state index in [1.807, 2.05) is 29.3 Å². The summed E-state index contributed by atoms with van der Waals surface area (Å²) in [5.41, 5.74) is 1.58. The molecule has 1 amide bonds. The van der Waals surface area contributed by atoms with Crippen LogP contribution < -0.4 is 24.3 Å². The number of amides is 1. The Morgan fingerprint density at radius 3 is 2.88 bits per heavy atom. The number of rotatable bonds is 8. The van der Waals surface area contributed by atoms with Crippen LogP contribution in [0.3, 0.4) is 0 Å². The largest absolute Gasteiger partial charge is 0.493 e. The molecule has 2 aliphatic heterocycles. The number of hydrogen-bond donors (Lipinski definition) is 1. The Kier molecular flexibility index (Phi) is 5.75. The maximum atomic E-state index is 12.9. The fraction of sp³-hybridized carbons (Fsp3) is 0.417. The molecule has 1 saturated carbocycles. The molecule has 0 bridgehead atoms. The zero-order valence-corrected chi connectivity index (χ0v) is 18.1. The SMILES string of the molecule is COc1ccc(/C=N/N2CCCC2C(=O)Nc2ccc3c(c2)OCO3)cc1OCC1CC1. The van der Waals surface area contributed by atoms with Crippen molar-refractivity contribution in [3.8, 4) is 23.0 Å². The van der Waals surface area contributed by atoms with Crippen molar-refractivity contribution in [3.05, 3.63) is 42.0 Å². The van der Waals surface area contributed by atoms with Crippen LogP contribution in [0.15, 0.2) is 41.5 Å². The monoisotopic (exact) mass is 437 g/mol. The third-order valence-electron chi connectivity index (χ3n) is 5.88. The van der Waals surface area contributed by atoms with Crippen molar-refractivity contribution in [2.45, 2.75) is 31.7 Å².